The largest absolute Gasteiger partial charge is 0.508 e. The number of aromatic hydroxyl groups is 2. The standard InChI is InChI=1S/C22H24O4/c23-16-8-6-15(7-9-16)20-21(25)18-11-10-17(24)14-19(18)26-22(20)12-4-2-1-3-5-13-22/h6-11,14,20,23-24H,1-5,12-13H2. The fourth-order valence-electron chi connectivity index (χ4n) is 4.49. The Morgan fingerprint density at radius 3 is 2.15 bits per heavy atom. The Bertz CT molecular complexity index is 801. The Labute approximate surface area is 153 Å². The van der Waals surface area contributed by atoms with Gasteiger partial charge in [0.25, 0.3) is 0 Å². The van der Waals surface area contributed by atoms with Crippen molar-refractivity contribution >= 4 is 5.78 Å². The number of phenolic OH excluding ortho intramolecular Hbond substituents is 2. The van der Waals surface area contributed by atoms with Crippen LogP contribution >= 0.6 is 0 Å². The summed E-state index contributed by atoms with van der Waals surface area (Å²) in [7, 11) is 0. The van der Waals surface area contributed by atoms with Crippen LogP contribution in [0.1, 0.15) is 66.8 Å². The molecule has 1 atom stereocenters. The number of carbonyl (C=O) groups excluding carboxylic acids is 1. The average Bonchev–Trinajstić information content (AvgIpc) is 2.60. The van der Waals surface area contributed by atoms with Crippen molar-refractivity contribution in [1.29, 1.82) is 0 Å². The van der Waals surface area contributed by atoms with Crippen LogP contribution < -0.4 is 4.74 Å². The minimum atomic E-state index is -0.588. The molecule has 4 heteroatoms. The number of Topliss-reactive ketones (excluding diaryl/α,β-unsaturated/α-hetero) is 1. The van der Waals surface area contributed by atoms with Crippen LogP contribution in [0.3, 0.4) is 0 Å². The van der Waals surface area contributed by atoms with E-state index >= 15 is 0 Å². The lowest BCUT2D eigenvalue weighted by atomic mass is 9.69. The average molecular weight is 352 g/mol. The Hall–Kier alpha value is -2.49. The molecule has 0 aromatic heterocycles. The van der Waals surface area contributed by atoms with Crippen molar-refractivity contribution in [2.75, 3.05) is 0 Å². The summed E-state index contributed by atoms with van der Waals surface area (Å²) in [5.41, 5.74) is 0.815. The zero-order chi connectivity index (χ0) is 18.1. The predicted octanol–water partition coefficient (Wildman–Crippen LogP) is 4.94. The highest BCUT2D eigenvalue weighted by Gasteiger charge is 2.49. The van der Waals surface area contributed by atoms with Crippen LogP contribution in [-0.2, 0) is 0 Å². The molecule has 2 aromatic carbocycles. The minimum absolute atomic E-state index is 0.0394. The van der Waals surface area contributed by atoms with E-state index in [2.05, 4.69) is 0 Å². The van der Waals surface area contributed by atoms with Crippen molar-refractivity contribution in [3.63, 3.8) is 0 Å². The summed E-state index contributed by atoms with van der Waals surface area (Å²) >= 11 is 0. The Kier molecular flexibility index (Phi) is 4.35. The van der Waals surface area contributed by atoms with E-state index in [0.29, 0.717) is 11.3 Å². The van der Waals surface area contributed by atoms with Crippen molar-refractivity contribution in [3.05, 3.63) is 53.6 Å². The number of ether oxygens (including phenoxy) is 1. The molecule has 0 bridgehead atoms. The van der Waals surface area contributed by atoms with Gasteiger partial charge >= 0.3 is 0 Å². The van der Waals surface area contributed by atoms with Gasteiger partial charge in [0.2, 0.25) is 0 Å². The number of hydrogen-bond donors (Lipinski definition) is 2. The predicted molar refractivity (Wildman–Crippen MR) is 99.0 cm³/mol. The number of fused-ring (bicyclic) bond motifs is 1. The number of phenols is 2. The first kappa shape index (κ1) is 17.0. The smallest absolute Gasteiger partial charge is 0.178 e. The topological polar surface area (TPSA) is 66.8 Å². The maximum Gasteiger partial charge on any atom is 0.178 e. The second-order valence-corrected chi connectivity index (χ2v) is 7.50. The first-order valence-electron chi connectivity index (χ1n) is 9.44. The third-order valence-electron chi connectivity index (χ3n) is 5.76. The zero-order valence-electron chi connectivity index (χ0n) is 14.8. The van der Waals surface area contributed by atoms with E-state index in [9.17, 15) is 15.0 Å². The molecule has 1 aliphatic carbocycles. The van der Waals surface area contributed by atoms with Crippen LogP contribution in [0.4, 0.5) is 0 Å². The minimum Gasteiger partial charge on any atom is -0.508 e. The van der Waals surface area contributed by atoms with E-state index in [0.717, 1.165) is 44.1 Å². The quantitative estimate of drug-likeness (QED) is 0.763. The molecule has 4 rings (SSSR count). The molecule has 2 N–H and O–H groups in total. The lowest BCUT2D eigenvalue weighted by molar-refractivity contribution is 0.00541. The van der Waals surface area contributed by atoms with E-state index in [4.69, 9.17) is 4.74 Å². The molecule has 2 aliphatic rings. The molecule has 0 saturated heterocycles. The van der Waals surface area contributed by atoms with Gasteiger partial charge in [-0.3, -0.25) is 4.79 Å². The highest BCUT2D eigenvalue weighted by atomic mass is 16.5. The van der Waals surface area contributed by atoms with Gasteiger partial charge in [-0.15, -0.1) is 0 Å². The third-order valence-corrected chi connectivity index (χ3v) is 5.76. The Morgan fingerprint density at radius 1 is 0.846 bits per heavy atom. The molecule has 2 aromatic rings. The van der Waals surface area contributed by atoms with Crippen LogP contribution in [0.15, 0.2) is 42.5 Å². The molecule has 136 valence electrons. The molecule has 1 aliphatic heterocycles. The lowest BCUT2D eigenvalue weighted by Crippen LogP contribution is -2.49. The van der Waals surface area contributed by atoms with Gasteiger partial charge in [-0.25, -0.2) is 0 Å². The SMILES string of the molecule is O=C1c2ccc(O)cc2OC2(CCCCCCC2)C1c1ccc(O)cc1. The van der Waals surface area contributed by atoms with E-state index in [1.165, 1.54) is 12.5 Å². The molecule has 26 heavy (non-hydrogen) atoms. The van der Waals surface area contributed by atoms with Crippen LogP contribution in [0.2, 0.25) is 0 Å². The molecule has 4 nitrogen and oxygen atoms in total. The Morgan fingerprint density at radius 2 is 1.46 bits per heavy atom. The first-order chi connectivity index (χ1) is 12.6. The van der Waals surface area contributed by atoms with Crippen molar-refractivity contribution in [2.45, 2.75) is 56.5 Å². The van der Waals surface area contributed by atoms with Gasteiger partial charge in [0.1, 0.15) is 22.8 Å². The van der Waals surface area contributed by atoms with Crippen LogP contribution in [0.5, 0.6) is 17.2 Å². The molecule has 1 fully saturated rings. The highest BCUT2D eigenvalue weighted by molar-refractivity contribution is 6.05. The number of benzene rings is 2. The fraction of sp³-hybridized carbons (Fsp3) is 0.409. The highest BCUT2D eigenvalue weighted by Crippen LogP contribution is 2.49. The van der Waals surface area contributed by atoms with Gasteiger partial charge in [-0.2, -0.15) is 0 Å². The molecule has 1 spiro atoms. The summed E-state index contributed by atoms with van der Waals surface area (Å²) in [6.07, 6.45) is 7.21. The summed E-state index contributed by atoms with van der Waals surface area (Å²) in [5, 5.41) is 19.5. The molecule has 1 unspecified atom stereocenters. The van der Waals surface area contributed by atoms with E-state index in [-0.39, 0.29) is 17.3 Å². The second kappa shape index (κ2) is 6.67. The summed E-state index contributed by atoms with van der Waals surface area (Å²) < 4.78 is 6.50. The van der Waals surface area contributed by atoms with E-state index in [1.807, 2.05) is 12.1 Å². The van der Waals surface area contributed by atoms with Crippen LogP contribution in [0, 0.1) is 0 Å². The van der Waals surface area contributed by atoms with Gasteiger partial charge < -0.3 is 14.9 Å². The Balaban J connectivity index is 1.84. The van der Waals surface area contributed by atoms with E-state index < -0.39 is 11.5 Å². The van der Waals surface area contributed by atoms with Crippen molar-refractivity contribution < 1.29 is 19.7 Å². The molecule has 0 amide bonds. The fourth-order valence-corrected chi connectivity index (χ4v) is 4.49. The third kappa shape index (κ3) is 2.94. The monoisotopic (exact) mass is 352 g/mol. The summed E-state index contributed by atoms with van der Waals surface area (Å²) in [5.74, 6) is 0.442. The van der Waals surface area contributed by atoms with Gasteiger partial charge in [0.15, 0.2) is 5.78 Å². The molecular formula is C22H24O4. The second-order valence-electron chi connectivity index (χ2n) is 7.50. The molecular weight excluding hydrogens is 328 g/mol. The number of ketones is 1. The maximum absolute atomic E-state index is 13.5. The first-order valence-corrected chi connectivity index (χ1v) is 9.44. The zero-order valence-corrected chi connectivity index (χ0v) is 14.8. The molecule has 1 heterocycles. The normalized spacial score (nSPS) is 22.2. The molecule has 0 radical (unpaired) electrons. The lowest BCUT2D eigenvalue weighted by Gasteiger charge is -2.45. The number of hydrogen-bond acceptors (Lipinski definition) is 4. The van der Waals surface area contributed by atoms with Gasteiger partial charge in [-0.1, -0.05) is 31.4 Å². The summed E-state index contributed by atoms with van der Waals surface area (Å²) in [6.45, 7) is 0. The number of rotatable bonds is 1. The van der Waals surface area contributed by atoms with Crippen LogP contribution in [-0.4, -0.2) is 21.6 Å². The van der Waals surface area contributed by atoms with Crippen LogP contribution in [0.25, 0.3) is 0 Å². The molecule has 1 saturated carbocycles. The van der Waals surface area contributed by atoms with Crippen molar-refractivity contribution in [2.24, 2.45) is 0 Å². The van der Waals surface area contributed by atoms with Crippen molar-refractivity contribution in [1.82, 2.24) is 0 Å². The summed E-state index contributed by atoms with van der Waals surface area (Å²) in [4.78, 5) is 13.5. The number of carbonyl (C=O) groups is 1. The van der Waals surface area contributed by atoms with Gasteiger partial charge in [0.05, 0.1) is 11.5 Å². The van der Waals surface area contributed by atoms with Crippen molar-refractivity contribution in [3.8, 4) is 17.2 Å². The van der Waals surface area contributed by atoms with Gasteiger partial charge in [-0.05, 0) is 55.5 Å². The maximum atomic E-state index is 13.5. The van der Waals surface area contributed by atoms with Gasteiger partial charge in [0, 0.05) is 6.07 Å². The summed E-state index contributed by atoms with van der Waals surface area (Å²) in [6, 6.07) is 11.7. The van der Waals surface area contributed by atoms with E-state index in [1.54, 1.807) is 24.3 Å².